The van der Waals surface area contributed by atoms with Crippen LogP contribution in [0.25, 0.3) is 11.4 Å². The summed E-state index contributed by atoms with van der Waals surface area (Å²) in [6.45, 7) is 3.14. The molecule has 0 aliphatic rings. The molecule has 2 heterocycles. The van der Waals surface area contributed by atoms with Crippen LogP contribution in [-0.2, 0) is 37.0 Å². The average molecular weight is 885 g/mol. The zero-order valence-electron chi connectivity index (χ0n) is 29.9. The summed E-state index contributed by atoms with van der Waals surface area (Å²) in [5.74, 6) is -2.10. The van der Waals surface area contributed by atoms with Crippen molar-refractivity contribution in [3.63, 3.8) is 0 Å². The number of sulfone groups is 2. The molecule has 0 aliphatic carbocycles. The van der Waals surface area contributed by atoms with Crippen LogP contribution < -0.4 is 50.0 Å². The second-order valence-electron chi connectivity index (χ2n) is 11.5. The van der Waals surface area contributed by atoms with Crippen LogP contribution in [0.2, 0.25) is 10.0 Å². The molecule has 0 atom stereocenters. The van der Waals surface area contributed by atoms with E-state index in [0.29, 0.717) is 32.8 Å². The van der Waals surface area contributed by atoms with Crippen molar-refractivity contribution in [3.8, 4) is 34.6 Å². The fourth-order valence-corrected chi connectivity index (χ4v) is 6.26. The van der Waals surface area contributed by atoms with Crippen molar-refractivity contribution in [2.24, 2.45) is 20.5 Å². The fourth-order valence-electron chi connectivity index (χ4n) is 4.61. The van der Waals surface area contributed by atoms with Gasteiger partial charge in [-0.3, -0.25) is 0 Å². The standard InChI is InChI=1S/2C17H15ClN4O4S.Cr.Na/c2*1-10-16(17(24)22(21-10)12-5-3-4-11(18)8-12)20-19-14-9-13(27(2,25)26)6-7-15(14)23;;/h2*3-9,23-24H,1-2H3;;/q;;+3;+1/p-4. The second kappa shape index (κ2) is 18.8. The van der Waals surface area contributed by atoms with E-state index in [0.717, 1.165) is 46.1 Å². The SMILES string of the molecule is Cc1nn(-c2cccc(Cl)c2)c([O-])c1N=Nc1cc(S(C)(=O)=O)ccc1[O-].Cc1nn(-c2cccc(Cl)c2)c([O-])c1N=Nc1cc(S(C)(=O)=O)ccc1[O-].[Cr+3].[Na+]. The molecule has 283 valence electrons. The molecule has 6 rings (SSSR count). The molecule has 0 saturated carbocycles. The van der Waals surface area contributed by atoms with Crippen molar-refractivity contribution in [1.82, 2.24) is 19.6 Å². The van der Waals surface area contributed by atoms with Crippen LogP contribution in [0.1, 0.15) is 11.4 Å². The Labute approximate surface area is 364 Å². The van der Waals surface area contributed by atoms with E-state index in [2.05, 4.69) is 30.7 Å². The van der Waals surface area contributed by atoms with E-state index in [1.165, 1.54) is 12.1 Å². The van der Waals surface area contributed by atoms with Gasteiger partial charge in [-0.2, -0.15) is 20.4 Å². The zero-order valence-corrected chi connectivity index (χ0v) is 36.3. The number of aromatic nitrogens is 4. The summed E-state index contributed by atoms with van der Waals surface area (Å²) < 4.78 is 48.7. The molecule has 0 bridgehead atoms. The predicted octanol–water partition coefficient (Wildman–Crippen LogP) is 2.60. The van der Waals surface area contributed by atoms with Gasteiger partial charge in [-0.05, 0) is 74.5 Å². The Kier molecular flexibility index (Phi) is 15.5. The van der Waals surface area contributed by atoms with E-state index in [9.17, 15) is 37.3 Å². The summed E-state index contributed by atoms with van der Waals surface area (Å²) in [7, 11) is -7.02. The normalized spacial score (nSPS) is 11.5. The molecule has 56 heavy (non-hydrogen) atoms. The Morgan fingerprint density at radius 1 is 0.571 bits per heavy atom. The third-order valence-corrected chi connectivity index (χ3v) is 10.0. The van der Waals surface area contributed by atoms with Crippen LogP contribution in [0.4, 0.5) is 22.7 Å². The first kappa shape index (κ1) is 46.1. The van der Waals surface area contributed by atoms with Gasteiger partial charge in [0.15, 0.2) is 19.7 Å². The van der Waals surface area contributed by atoms with Gasteiger partial charge in [0.25, 0.3) is 0 Å². The van der Waals surface area contributed by atoms with E-state index in [1.54, 1.807) is 62.4 Å². The quantitative estimate of drug-likeness (QED) is 0.160. The van der Waals surface area contributed by atoms with Crippen molar-refractivity contribution < 1.29 is 84.2 Å². The van der Waals surface area contributed by atoms with Crippen molar-refractivity contribution in [2.75, 3.05) is 12.5 Å². The first-order chi connectivity index (χ1) is 25.3. The minimum atomic E-state index is -3.51. The molecule has 4 aromatic carbocycles. The molecular formula is C34H26Cl2CrN8NaO8S2. The summed E-state index contributed by atoms with van der Waals surface area (Å²) in [5.41, 5.74) is 1.03. The van der Waals surface area contributed by atoms with Crippen LogP contribution in [0.3, 0.4) is 0 Å². The third kappa shape index (κ3) is 11.0. The molecule has 0 spiro atoms. The van der Waals surface area contributed by atoms with Crippen LogP contribution in [0.15, 0.2) is 115 Å². The molecular weight excluding hydrogens is 858 g/mol. The smallest absolute Gasteiger partial charge is 0.871 e. The number of rotatable bonds is 8. The van der Waals surface area contributed by atoms with Gasteiger partial charge < -0.3 is 20.4 Å². The van der Waals surface area contributed by atoms with Crippen LogP contribution in [0.5, 0.6) is 23.3 Å². The number of azo groups is 2. The van der Waals surface area contributed by atoms with Crippen molar-refractivity contribution in [3.05, 3.63) is 106 Å². The summed E-state index contributed by atoms with van der Waals surface area (Å²) in [6.07, 6.45) is 2.03. The van der Waals surface area contributed by atoms with Crippen LogP contribution >= 0.6 is 23.2 Å². The topological polar surface area (TPSA) is 246 Å². The fraction of sp³-hybridized carbons (Fsp3) is 0.118. The molecule has 0 amide bonds. The molecule has 2 aromatic heterocycles. The third-order valence-electron chi connectivity index (χ3n) is 7.31. The maximum absolute atomic E-state index is 12.6. The van der Waals surface area contributed by atoms with Gasteiger partial charge in [-0.1, -0.05) is 59.0 Å². The number of hydrogen-bond acceptors (Lipinski definition) is 14. The zero-order chi connectivity index (χ0) is 39.5. The van der Waals surface area contributed by atoms with Crippen molar-refractivity contribution in [2.45, 2.75) is 23.6 Å². The molecule has 22 heteroatoms. The second-order valence-corrected chi connectivity index (χ2v) is 16.4. The van der Waals surface area contributed by atoms with Crippen LogP contribution in [-0.4, -0.2) is 48.9 Å². The molecule has 0 unspecified atom stereocenters. The Hall–Kier alpha value is -4.29. The minimum Gasteiger partial charge on any atom is -0.871 e. The Morgan fingerprint density at radius 2 is 0.929 bits per heavy atom. The molecule has 0 fully saturated rings. The van der Waals surface area contributed by atoms with E-state index >= 15 is 0 Å². The van der Waals surface area contributed by atoms with Crippen molar-refractivity contribution in [1.29, 1.82) is 0 Å². The van der Waals surface area contributed by atoms with Gasteiger partial charge >= 0.3 is 46.9 Å². The summed E-state index contributed by atoms with van der Waals surface area (Å²) >= 11 is 11.9. The monoisotopic (exact) mass is 883 g/mol. The number of nitrogens with zero attached hydrogens (tertiary/aromatic N) is 8. The summed E-state index contributed by atoms with van der Waals surface area (Å²) in [6, 6.07) is 19.9. The first-order valence-electron chi connectivity index (χ1n) is 15.2. The molecule has 0 aliphatic heterocycles. The van der Waals surface area contributed by atoms with Gasteiger partial charge in [-0.25, -0.2) is 26.2 Å². The number of hydrogen-bond donors (Lipinski definition) is 0. The summed E-state index contributed by atoms with van der Waals surface area (Å²) in [4.78, 5) is -0.130. The predicted molar refractivity (Wildman–Crippen MR) is 192 cm³/mol. The maximum atomic E-state index is 12.6. The van der Waals surface area contributed by atoms with E-state index in [-0.39, 0.29) is 79.5 Å². The summed E-state index contributed by atoms with van der Waals surface area (Å²) in [5, 5.41) is 73.2. The van der Waals surface area contributed by atoms with Gasteiger partial charge in [0.2, 0.25) is 0 Å². The molecule has 0 N–H and O–H groups in total. The van der Waals surface area contributed by atoms with E-state index < -0.39 is 42.9 Å². The molecule has 6 aromatic rings. The molecule has 16 nitrogen and oxygen atoms in total. The Balaban J connectivity index is 0.000000290. The minimum absolute atomic E-state index is 0. The van der Waals surface area contributed by atoms with Gasteiger partial charge in [0.05, 0.1) is 43.9 Å². The van der Waals surface area contributed by atoms with Gasteiger partial charge in [-0.15, -0.1) is 10.2 Å². The maximum Gasteiger partial charge on any atom is 3.00 e. The Morgan fingerprint density at radius 3 is 1.25 bits per heavy atom. The largest absolute Gasteiger partial charge is 3.00 e. The molecule has 1 radical (unpaired) electrons. The van der Waals surface area contributed by atoms with E-state index in [1.807, 2.05) is 0 Å². The van der Waals surface area contributed by atoms with Gasteiger partial charge in [0, 0.05) is 34.3 Å². The Bertz CT molecular complexity index is 2510. The first-order valence-corrected chi connectivity index (χ1v) is 19.8. The number of benzene rings is 4. The van der Waals surface area contributed by atoms with E-state index in [4.69, 9.17) is 23.2 Å². The van der Waals surface area contributed by atoms with Crippen molar-refractivity contribution >= 4 is 65.6 Å². The number of halogens is 2. The molecule has 0 saturated heterocycles. The average Bonchev–Trinajstić information content (AvgIpc) is 3.55. The van der Waals surface area contributed by atoms with Gasteiger partial charge in [0.1, 0.15) is 11.4 Å². The number of aryl methyl sites for hydroxylation is 2. The van der Waals surface area contributed by atoms with Crippen LogP contribution in [0, 0.1) is 13.8 Å².